The van der Waals surface area contributed by atoms with Crippen LogP contribution in [-0.4, -0.2) is 23.2 Å². The Bertz CT molecular complexity index is 2140. The molecule has 4 aromatic carbocycles. The molecule has 0 amide bonds. The molecule has 0 N–H and O–H groups in total. The topological polar surface area (TPSA) is 33.5 Å². The van der Waals surface area contributed by atoms with Crippen LogP contribution in [0, 0.1) is 12.1 Å². The Morgan fingerprint density at radius 3 is 2.31 bits per heavy atom. The van der Waals surface area contributed by atoms with E-state index in [4.69, 9.17) is 13.8 Å². The van der Waals surface area contributed by atoms with Gasteiger partial charge in [-0.15, -0.1) is 35.2 Å². The van der Waals surface area contributed by atoms with Crippen molar-refractivity contribution in [2.75, 3.05) is 23.4 Å². The summed E-state index contributed by atoms with van der Waals surface area (Å²) in [6, 6.07) is 35.3. The zero-order chi connectivity index (χ0) is 33.3. The molecule has 0 aliphatic carbocycles. The van der Waals surface area contributed by atoms with Crippen LogP contribution in [0.3, 0.4) is 0 Å². The third-order valence-corrected chi connectivity index (χ3v) is 8.35. The van der Waals surface area contributed by atoms with E-state index in [0.29, 0.717) is 17.2 Å². The Kier molecular flexibility index (Phi) is 6.89. The number of aromatic nitrogens is 2. The van der Waals surface area contributed by atoms with Crippen molar-refractivity contribution in [1.82, 2.24) is 9.55 Å². The number of anilines is 3. The van der Waals surface area contributed by atoms with E-state index < -0.39 is 6.98 Å². The summed E-state index contributed by atoms with van der Waals surface area (Å²) in [5.41, 5.74) is 6.03. The summed E-state index contributed by atoms with van der Waals surface area (Å²) < 4.78 is 33.3. The molecule has 0 radical (unpaired) electrons. The molecule has 5 nitrogen and oxygen atoms in total. The molecule has 1 aliphatic heterocycles. The van der Waals surface area contributed by atoms with Gasteiger partial charge in [0.05, 0.1) is 18.0 Å². The van der Waals surface area contributed by atoms with Gasteiger partial charge in [-0.05, 0) is 46.7 Å². The maximum Gasteiger partial charge on any atom is 2.00 e. The van der Waals surface area contributed by atoms with Crippen LogP contribution >= 0.6 is 0 Å². The Hall–Kier alpha value is -4.08. The van der Waals surface area contributed by atoms with Gasteiger partial charge in [-0.3, -0.25) is 0 Å². The number of hydrogen-bond acceptors (Lipinski definition) is 4. The molecule has 0 fully saturated rings. The second-order valence-corrected chi connectivity index (χ2v) is 13.5. The molecule has 1 aliphatic rings. The van der Waals surface area contributed by atoms with Crippen LogP contribution in [0.2, 0.25) is 0 Å². The molecule has 0 saturated carbocycles. The van der Waals surface area contributed by atoms with Crippen molar-refractivity contribution in [3.05, 3.63) is 114 Å². The number of hydrogen-bond donors (Lipinski definition) is 0. The minimum absolute atomic E-state index is 0. The van der Waals surface area contributed by atoms with Crippen LogP contribution in [0.25, 0.3) is 27.6 Å². The molecule has 3 heterocycles. The molecular formula is C39H38N4OPt. The number of rotatable bonds is 4. The van der Waals surface area contributed by atoms with E-state index in [0.717, 1.165) is 44.6 Å². The smallest absolute Gasteiger partial charge is 0.509 e. The van der Waals surface area contributed by atoms with E-state index >= 15 is 0 Å². The van der Waals surface area contributed by atoms with E-state index in [2.05, 4.69) is 101 Å². The van der Waals surface area contributed by atoms with E-state index in [9.17, 15) is 0 Å². The quantitative estimate of drug-likeness (QED) is 0.167. The fourth-order valence-corrected chi connectivity index (χ4v) is 6.00. The number of nitrogens with zero attached hydrogens (tertiary/aromatic N) is 4. The van der Waals surface area contributed by atoms with Gasteiger partial charge in [0, 0.05) is 34.3 Å². The average molecular weight is 777 g/mol. The van der Waals surface area contributed by atoms with Gasteiger partial charge >= 0.3 is 21.1 Å². The predicted octanol–water partition coefficient (Wildman–Crippen LogP) is 9.71. The van der Waals surface area contributed by atoms with Crippen LogP contribution in [-0.2, 0) is 31.9 Å². The summed E-state index contributed by atoms with van der Waals surface area (Å²) in [5.74, 6) is 1.96. The first kappa shape index (κ1) is 27.2. The van der Waals surface area contributed by atoms with Crippen LogP contribution in [0.15, 0.2) is 91.1 Å². The van der Waals surface area contributed by atoms with Crippen LogP contribution < -0.4 is 14.5 Å². The minimum atomic E-state index is -2.28. The molecule has 45 heavy (non-hydrogen) atoms. The molecule has 230 valence electrons. The summed E-state index contributed by atoms with van der Waals surface area (Å²) in [7, 11) is 0. The maximum absolute atomic E-state index is 8.13. The second kappa shape index (κ2) is 11.4. The van der Waals surface area contributed by atoms with Crippen molar-refractivity contribution in [2.24, 2.45) is 0 Å². The molecule has 6 aromatic rings. The largest absolute Gasteiger partial charge is 2.00 e. The fourth-order valence-electron chi connectivity index (χ4n) is 6.00. The van der Waals surface area contributed by atoms with Crippen molar-refractivity contribution >= 4 is 38.9 Å². The van der Waals surface area contributed by atoms with Crippen LogP contribution in [0.1, 0.15) is 56.8 Å². The first-order valence-electron chi connectivity index (χ1n) is 16.5. The summed E-state index contributed by atoms with van der Waals surface area (Å²) in [5, 5.41) is 2.17. The molecule has 0 bridgehead atoms. The Morgan fingerprint density at radius 1 is 0.800 bits per heavy atom. The molecule has 2 aromatic heterocycles. The number of pyridine rings is 1. The van der Waals surface area contributed by atoms with Gasteiger partial charge in [0.15, 0.2) is 0 Å². The number of fused-ring (bicyclic) bond motifs is 4. The SMILES string of the molecule is [2H]C([2H])([2H])N1CN(c2[c-]c(Oc3[c-]c4c(cc3)c3ccccc3n4-c3cc(C(C)(C)C)ccn3)c(C(C)(C)C)cc2)c2ccccc21.[Pt+2]. The zero-order valence-electron chi connectivity index (χ0n) is 29.4. The van der Waals surface area contributed by atoms with Crippen LogP contribution in [0.5, 0.6) is 11.5 Å². The van der Waals surface area contributed by atoms with Gasteiger partial charge < -0.3 is 19.1 Å². The molecule has 7 rings (SSSR count). The predicted molar refractivity (Wildman–Crippen MR) is 182 cm³/mol. The van der Waals surface area contributed by atoms with Crippen molar-refractivity contribution in [3.63, 3.8) is 0 Å². The van der Waals surface area contributed by atoms with Crippen molar-refractivity contribution in [3.8, 4) is 17.3 Å². The average Bonchev–Trinajstić information content (AvgIpc) is 3.57. The zero-order valence-corrected chi connectivity index (χ0v) is 28.7. The summed E-state index contributed by atoms with van der Waals surface area (Å²) >= 11 is 0. The number of para-hydroxylation sites is 3. The summed E-state index contributed by atoms with van der Waals surface area (Å²) in [6.45, 7) is 10.9. The molecule has 0 spiro atoms. The van der Waals surface area contributed by atoms with Gasteiger partial charge in [-0.2, -0.15) is 12.1 Å². The maximum atomic E-state index is 8.13. The van der Waals surface area contributed by atoms with Crippen molar-refractivity contribution < 1.29 is 29.9 Å². The minimum Gasteiger partial charge on any atom is -0.509 e. The molecule has 6 heteroatoms. The number of benzene rings is 4. The summed E-state index contributed by atoms with van der Waals surface area (Å²) in [6.07, 6.45) is 1.87. The molecule has 0 atom stereocenters. The number of ether oxygens (including phenoxy) is 1. The van der Waals surface area contributed by atoms with Gasteiger partial charge in [0.25, 0.3) is 0 Å². The van der Waals surface area contributed by atoms with Gasteiger partial charge in [-0.1, -0.05) is 88.5 Å². The van der Waals surface area contributed by atoms with Crippen molar-refractivity contribution in [2.45, 2.75) is 52.4 Å². The van der Waals surface area contributed by atoms with E-state index in [1.54, 1.807) is 0 Å². The van der Waals surface area contributed by atoms with Gasteiger partial charge in [0.2, 0.25) is 0 Å². The molecular weight excluding hydrogens is 736 g/mol. The van der Waals surface area contributed by atoms with Gasteiger partial charge in [-0.25, -0.2) is 4.98 Å². The summed E-state index contributed by atoms with van der Waals surface area (Å²) in [4.78, 5) is 8.21. The van der Waals surface area contributed by atoms with Gasteiger partial charge in [0.1, 0.15) is 5.82 Å². The normalized spacial score (nSPS) is 14.6. The molecule has 0 unspecified atom stereocenters. The Morgan fingerprint density at radius 2 is 1.56 bits per heavy atom. The fraction of sp³-hybridized carbons (Fsp3) is 0.256. The standard InChI is InChI=1S/C39H38N4O.Pt/c1-38(2,3)26-20-21-40-37(22-26)43-32-13-9-8-12-29(32)30-18-17-28(24-35(30)43)44-36-23-27(16-19-31(36)39(4,5)6)42-25-41(7)33-14-10-11-15-34(33)42;/h8-22H,25H2,1-7H3;/q-2;+2/i7D3;. The van der Waals surface area contributed by atoms with Crippen molar-refractivity contribution in [1.29, 1.82) is 0 Å². The monoisotopic (exact) mass is 776 g/mol. The Labute approximate surface area is 284 Å². The Balaban J connectivity index is 0.00000401. The first-order chi connectivity index (χ1) is 22.2. The van der Waals surface area contributed by atoms with Crippen LogP contribution in [0.4, 0.5) is 17.1 Å². The molecule has 0 saturated heterocycles. The first-order valence-corrected chi connectivity index (χ1v) is 15.0. The van der Waals surface area contributed by atoms with E-state index in [1.165, 1.54) is 10.5 Å². The third kappa shape index (κ3) is 5.53. The van der Waals surface area contributed by atoms with E-state index in [1.807, 2.05) is 53.6 Å². The van der Waals surface area contributed by atoms with E-state index in [-0.39, 0.29) is 38.6 Å². The third-order valence-electron chi connectivity index (χ3n) is 8.35. The second-order valence-electron chi connectivity index (χ2n) is 13.5.